The lowest BCUT2D eigenvalue weighted by molar-refractivity contribution is -0.107. The standard InChI is InChI=1S/C12H13IO3/c1-2-16-12(15)11-9(6-4-8-14)5-3-7-10(11)13/h3,5,7-8H,2,4,6H2,1H3. The average Bonchev–Trinajstić information content (AvgIpc) is 2.26. The van der Waals surface area contributed by atoms with Crippen molar-refractivity contribution < 1.29 is 14.3 Å². The molecular weight excluding hydrogens is 319 g/mol. The number of ether oxygens (including phenoxy) is 1. The van der Waals surface area contributed by atoms with Gasteiger partial charge in [0.25, 0.3) is 0 Å². The summed E-state index contributed by atoms with van der Waals surface area (Å²) in [4.78, 5) is 22.1. The van der Waals surface area contributed by atoms with Crippen LogP contribution in [0, 0.1) is 3.57 Å². The quantitative estimate of drug-likeness (QED) is 0.473. The van der Waals surface area contributed by atoms with Crippen LogP contribution in [-0.4, -0.2) is 18.9 Å². The second-order valence-corrected chi connectivity index (χ2v) is 4.36. The highest BCUT2D eigenvalue weighted by Crippen LogP contribution is 2.19. The molecule has 0 atom stereocenters. The van der Waals surface area contributed by atoms with Gasteiger partial charge in [-0.05, 0) is 47.6 Å². The zero-order valence-electron chi connectivity index (χ0n) is 9.03. The summed E-state index contributed by atoms with van der Waals surface area (Å²) in [5.74, 6) is -0.312. The molecule has 0 saturated carbocycles. The zero-order chi connectivity index (χ0) is 12.0. The number of esters is 1. The first kappa shape index (κ1) is 13.2. The Labute approximate surface area is 108 Å². The highest BCUT2D eigenvalue weighted by molar-refractivity contribution is 14.1. The van der Waals surface area contributed by atoms with Crippen molar-refractivity contribution >= 4 is 34.8 Å². The van der Waals surface area contributed by atoms with E-state index in [0.717, 1.165) is 15.4 Å². The number of hydrogen-bond acceptors (Lipinski definition) is 3. The van der Waals surface area contributed by atoms with Gasteiger partial charge in [-0.2, -0.15) is 0 Å². The van der Waals surface area contributed by atoms with Gasteiger partial charge in [0.2, 0.25) is 0 Å². The molecule has 0 heterocycles. The molecule has 0 aromatic heterocycles. The van der Waals surface area contributed by atoms with Crippen LogP contribution >= 0.6 is 22.6 Å². The minimum absolute atomic E-state index is 0.312. The van der Waals surface area contributed by atoms with E-state index < -0.39 is 0 Å². The van der Waals surface area contributed by atoms with E-state index in [-0.39, 0.29) is 5.97 Å². The third-order valence-corrected chi connectivity index (χ3v) is 3.01. The first-order valence-electron chi connectivity index (χ1n) is 5.08. The molecule has 3 nitrogen and oxygen atoms in total. The third kappa shape index (κ3) is 3.30. The number of hydrogen-bond donors (Lipinski definition) is 0. The van der Waals surface area contributed by atoms with Crippen LogP contribution in [0.2, 0.25) is 0 Å². The van der Waals surface area contributed by atoms with Crippen LogP contribution in [0.4, 0.5) is 0 Å². The van der Waals surface area contributed by atoms with E-state index in [1.165, 1.54) is 0 Å². The Kier molecular flexibility index (Phi) is 5.45. The lowest BCUT2D eigenvalue weighted by Gasteiger charge is -2.09. The molecule has 0 radical (unpaired) electrons. The van der Waals surface area contributed by atoms with Crippen LogP contribution in [0.15, 0.2) is 18.2 Å². The minimum Gasteiger partial charge on any atom is -0.462 e. The molecule has 0 aliphatic carbocycles. The van der Waals surface area contributed by atoms with Gasteiger partial charge < -0.3 is 9.53 Å². The highest BCUT2D eigenvalue weighted by atomic mass is 127. The second kappa shape index (κ2) is 6.62. The van der Waals surface area contributed by atoms with Crippen LogP contribution in [-0.2, 0) is 16.0 Å². The Balaban J connectivity index is 3.02. The minimum atomic E-state index is -0.312. The molecule has 0 N–H and O–H groups in total. The number of carbonyl (C=O) groups is 2. The maximum absolute atomic E-state index is 11.7. The van der Waals surface area contributed by atoms with E-state index in [4.69, 9.17) is 4.74 Å². The van der Waals surface area contributed by atoms with E-state index in [1.807, 2.05) is 18.2 Å². The van der Waals surface area contributed by atoms with Gasteiger partial charge in [0.15, 0.2) is 0 Å². The number of rotatable bonds is 5. The van der Waals surface area contributed by atoms with Crippen LogP contribution in [0.25, 0.3) is 0 Å². The summed E-state index contributed by atoms with van der Waals surface area (Å²) in [6.07, 6.45) is 1.86. The van der Waals surface area contributed by atoms with E-state index in [0.29, 0.717) is 25.0 Å². The maximum atomic E-state index is 11.7. The van der Waals surface area contributed by atoms with Crippen molar-refractivity contribution in [3.05, 3.63) is 32.9 Å². The largest absolute Gasteiger partial charge is 0.462 e. The Morgan fingerprint density at radius 2 is 2.25 bits per heavy atom. The molecule has 1 rings (SSSR count). The van der Waals surface area contributed by atoms with E-state index in [2.05, 4.69) is 22.6 Å². The van der Waals surface area contributed by atoms with Crippen molar-refractivity contribution in [2.45, 2.75) is 19.8 Å². The predicted octanol–water partition coefficient (Wildman–Crippen LogP) is 2.60. The second-order valence-electron chi connectivity index (χ2n) is 3.20. The number of halogens is 1. The lowest BCUT2D eigenvalue weighted by Crippen LogP contribution is -2.10. The first-order chi connectivity index (χ1) is 7.70. The van der Waals surface area contributed by atoms with Crippen LogP contribution in [0.5, 0.6) is 0 Å². The highest BCUT2D eigenvalue weighted by Gasteiger charge is 2.15. The van der Waals surface area contributed by atoms with E-state index >= 15 is 0 Å². The van der Waals surface area contributed by atoms with Gasteiger partial charge >= 0.3 is 5.97 Å². The molecule has 1 aromatic carbocycles. The van der Waals surface area contributed by atoms with Crippen molar-refractivity contribution in [1.82, 2.24) is 0 Å². The summed E-state index contributed by atoms with van der Waals surface area (Å²) in [5.41, 5.74) is 1.46. The summed E-state index contributed by atoms with van der Waals surface area (Å²) >= 11 is 2.10. The van der Waals surface area contributed by atoms with Crippen molar-refractivity contribution in [2.24, 2.45) is 0 Å². The molecule has 0 aliphatic rings. The molecule has 16 heavy (non-hydrogen) atoms. The normalized spacial score (nSPS) is 9.88. The number of aryl methyl sites for hydroxylation is 1. The molecule has 86 valence electrons. The van der Waals surface area contributed by atoms with Gasteiger partial charge in [0, 0.05) is 9.99 Å². The molecule has 0 fully saturated rings. The van der Waals surface area contributed by atoms with Crippen molar-refractivity contribution in [1.29, 1.82) is 0 Å². The summed E-state index contributed by atoms with van der Waals surface area (Å²) in [7, 11) is 0. The van der Waals surface area contributed by atoms with Crippen molar-refractivity contribution in [3.8, 4) is 0 Å². The summed E-state index contributed by atoms with van der Waals surface area (Å²) in [6.45, 7) is 2.13. The van der Waals surface area contributed by atoms with Crippen LogP contribution in [0.1, 0.15) is 29.3 Å². The number of benzene rings is 1. The van der Waals surface area contributed by atoms with Gasteiger partial charge in [-0.3, -0.25) is 0 Å². The van der Waals surface area contributed by atoms with Gasteiger partial charge in [-0.15, -0.1) is 0 Å². The van der Waals surface area contributed by atoms with E-state index in [9.17, 15) is 9.59 Å². The lowest BCUT2D eigenvalue weighted by atomic mass is 10.0. The van der Waals surface area contributed by atoms with Gasteiger partial charge in [0.1, 0.15) is 6.29 Å². The van der Waals surface area contributed by atoms with E-state index in [1.54, 1.807) is 6.92 Å². The third-order valence-electron chi connectivity index (χ3n) is 2.11. The Morgan fingerprint density at radius 3 is 2.88 bits per heavy atom. The van der Waals surface area contributed by atoms with Crippen molar-refractivity contribution in [2.75, 3.05) is 6.61 Å². The first-order valence-corrected chi connectivity index (χ1v) is 6.16. The molecule has 0 bridgehead atoms. The summed E-state index contributed by atoms with van der Waals surface area (Å²) in [5, 5.41) is 0. The Morgan fingerprint density at radius 1 is 1.50 bits per heavy atom. The zero-order valence-corrected chi connectivity index (χ0v) is 11.2. The summed E-state index contributed by atoms with van der Waals surface area (Å²) < 4.78 is 5.86. The molecular formula is C12H13IO3. The smallest absolute Gasteiger partial charge is 0.339 e. The molecule has 1 aromatic rings. The maximum Gasteiger partial charge on any atom is 0.339 e. The van der Waals surface area contributed by atoms with Gasteiger partial charge in [-0.25, -0.2) is 4.79 Å². The molecule has 4 heteroatoms. The molecule has 0 amide bonds. The van der Waals surface area contributed by atoms with Gasteiger partial charge in [-0.1, -0.05) is 12.1 Å². The van der Waals surface area contributed by atoms with Crippen molar-refractivity contribution in [3.63, 3.8) is 0 Å². The summed E-state index contributed by atoms with van der Waals surface area (Å²) in [6, 6.07) is 5.60. The number of aldehydes is 1. The monoisotopic (exact) mass is 332 g/mol. The van der Waals surface area contributed by atoms with Crippen LogP contribution in [0.3, 0.4) is 0 Å². The molecule has 0 spiro atoms. The average molecular weight is 332 g/mol. The Hall–Kier alpha value is -0.910. The van der Waals surface area contributed by atoms with Gasteiger partial charge in [0.05, 0.1) is 12.2 Å². The molecule has 0 saturated heterocycles. The fourth-order valence-electron chi connectivity index (χ4n) is 1.42. The fraction of sp³-hybridized carbons (Fsp3) is 0.333. The Bertz CT molecular complexity index is 388. The molecule has 0 aliphatic heterocycles. The SMILES string of the molecule is CCOC(=O)c1c(I)cccc1CCC=O. The van der Waals surface area contributed by atoms with Crippen LogP contribution < -0.4 is 0 Å². The number of carbonyl (C=O) groups excluding carboxylic acids is 2. The fourth-order valence-corrected chi connectivity index (χ4v) is 2.20. The molecule has 0 unspecified atom stereocenters. The predicted molar refractivity (Wildman–Crippen MR) is 69.5 cm³/mol. The topological polar surface area (TPSA) is 43.4 Å².